The molecule has 0 saturated heterocycles. The Labute approximate surface area is 95.7 Å². The number of benzene rings is 1. The first-order chi connectivity index (χ1) is 7.74. The minimum Gasteiger partial charge on any atom is -0.396 e. The van der Waals surface area contributed by atoms with Crippen molar-refractivity contribution in [3.05, 3.63) is 29.8 Å². The molecule has 1 aliphatic heterocycles. The predicted octanol–water partition coefficient (Wildman–Crippen LogP) is 1.59. The number of carbonyl (C=O) groups excluding carboxylic acids is 1. The van der Waals surface area contributed by atoms with Gasteiger partial charge in [-0.25, -0.2) is 0 Å². The molecule has 1 aromatic carbocycles. The van der Waals surface area contributed by atoms with Crippen molar-refractivity contribution in [2.45, 2.75) is 19.3 Å². The van der Waals surface area contributed by atoms with Gasteiger partial charge in [-0.3, -0.25) is 4.79 Å². The molecule has 1 heterocycles. The highest BCUT2D eigenvalue weighted by Gasteiger charge is 2.29. The number of anilines is 1. The number of fused-ring (bicyclic) bond motifs is 1. The molecule has 3 heteroatoms. The van der Waals surface area contributed by atoms with Crippen LogP contribution in [0.1, 0.15) is 18.4 Å². The number of aliphatic hydroxyl groups is 1. The summed E-state index contributed by atoms with van der Waals surface area (Å²) in [6.45, 7) is 0.162. The number of carbonyl (C=O) groups is 1. The molecule has 3 nitrogen and oxygen atoms in total. The zero-order valence-corrected chi connectivity index (χ0v) is 9.52. The highest BCUT2D eigenvalue weighted by atomic mass is 16.3. The molecule has 0 saturated carbocycles. The van der Waals surface area contributed by atoms with Gasteiger partial charge in [-0.2, -0.15) is 0 Å². The molecule has 0 bridgehead atoms. The zero-order valence-electron chi connectivity index (χ0n) is 9.52. The quantitative estimate of drug-likeness (QED) is 0.838. The van der Waals surface area contributed by atoms with E-state index in [9.17, 15) is 4.79 Å². The average molecular weight is 219 g/mol. The lowest BCUT2D eigenvalue weighted by molar-refractivity contribution is -0.122. The molecule has 0 fully saturated rings. The summed E-state index contributed by atoms with van der Waals surface area (Å²) in [4.78, 5) is 13.8. The van der Waals surface area contributed by atoms with E-state index < -0.39 is 0 Å². The molecular weight excluding hydrogens is 202 g/mol. The van der Waals surface area contributed by atoms with Crippen LogP contribution in [0.25, 0.3) is 0 Å². The highest BCUT2D eigenvalue weighted by molar-refractivity contribution is 5.97. The number of hydrogen-bond donors (Lipinski definition) is 1. The van der Waals surface area contributed by atoms with Gasteiger partial charge in [0.2, 0.25) is 5.91 Å². The van der Waals surface area contributed by atoms with E-state index in [2.05, 4.69) is 6.07 Å². The fraction of sp³-hybridized carbons (Fsp3) is 0.462. The number of nitrogens with zero attached hydrogens (tertiary/aromatic N) is 1. The van der Waals surface area contributed by atoms with Crippen LogP contribution >= 0.6 is 0 Å². The van der Waals surface area contributed by atoms with Gasteiger partial charge in [-0.05, 0) is 30.9 Å². The Morgan fingerprint density at radius 1 is 1.44 bits per heavy atom. The van der Waals surface area contributed by atoms with Gasteiger partial charge in [0.15, 0.2) is 0 Å². The largest absolute Gasteiger partial charge is 0.396 e. The smallest absolute Gasteiger partial charge is 0.230 e. The molecule has 16 heavy (non-hydrogen) atoms. The molecule has 1 N–H and O–H groups in total. The van der Waals surface area contributed by atoms with Crippen molar-refractivity contribution < 1.29 is 9.90 Å². The number of aliphatic hydroxyl groups excluding tert-OH is 1. The van der Waals surface area contributed by atoms with Gasteiger partial charge in [0.25, 0.3) is 0 Å². The molecular formula is C13H17NO2. The first kappa shape index (κ1) is 11.1. The van der Waals surface area contributed by atoms with Gasteiger partial charge in [0, 0.05) is 25.3 Å². The monoisotopic (exact) mass is 219 g/mol. The second-order valence-corrected chi connectivity index (χ2v) is 4.29. The first-order valence-electron chi connectivity index (χ1n) is 5.70. The maximum atomic E-state index is 12.0. The maximum absolute atomic E-state index is 12.0. The molecule has 86 valence electrons. The van der Waals surface area contributed by atoms with Crippen molar-refractivity contribution in [3.8, 4) is 0 Å². The van der Waals surface area contributed by atoms with Gasteiger partial charge in [-0.1, -0.05) is 18.2 Å². The Hall–Kier alpha value is -1.35. The highest BCUT2D eigenvalue weighted by Crippen LogP contribution is 2.30. The van der Waals surface area contributed by atoms with Crippen molar-refractivity contribution in [2.24, 2.45) is 5.92 Å². The molecule has 0 aromatic heterocycles. The van der Waals surface area contributed by atoms with Crippen molar-refractivity contribution in [2.75, 3.05) is 18.6 Å². The third kappa shape index (κ3) is 1.95. The second kappa shape index (κ2) is 4.66. The standard InChI is InChI=1S/C13H17NO2/c1-14-12-7-3-2-5-10(12)9-11(13(14)16)6-4-8-15/h2-3,5,7,11,15H,4,6,8-9H2,1H3/t11-/m1/s1. The van der Waals surface area contributed by atoms with Crippen LogP contribution in [0.15, 0.2) is 24.3 Å². The number of para-hydroxylation sites is 1. The Bertz CT molecular complexity index is 389. The van der Waals surface area contributed by atoms with E-state index >= 15 is 0 Å². The summed E-state index contributed by atoms with van der Waals surface area (Å²) in [5.41, 5.74) is 2.25. The topological polar surface area (TPSA) is 40.5 Å². The van der Waals surface area contributed by atoms with Gasteiger partial charge in [-0.15, -0.1) is 0 Å². The van der Waals surface area contributed by atoms with Crippen LogP contribution in [0.5, 0.6) is 0 Å². The van der Waals surface area contributed by atoms with Crippen LogP contribution in [-0.4, -0.2) is 24.7 Å². The maximum Gasteiger partial charge on any atom is 0.230 e. The van der Waals surface area contributed by atoms with E-state index in [1.54, 1.807) is 4.90 Å². The zero-order chi connectivity index (χ0) is 11.5. The number of rotatable bonds is 3. The Kier molecular flexibility index (Phi) is 3.25. The van der Waals surface area contributed by atoms with Crippen molar-refractivity contribution in [1.29, 1.82) is 0 Å². The van der Waals surface area contributed by atoms with E-state index in [4.69, 9.17) is 5.11 Å². The van der Waals surface area contributed by atoms with Gasteiger partial charge < -0.3 is 10.0 Å². The molecule has 1 aromatic rings. The van der Waals surface area contributed by atoms with E-state index in [0.29, 0.717) is 6.42 Å². The van der Waals surface area contributed by atoms with Gasteiger partial charge >= 0.3 is 0 Å². The van der Waals surface area contributed by atoms with E-state index in [1.807, 2.05) is 25.2 Å². The van der Waals surface area contributed by atoms with Crippen LogP contribution in [0.4, 0.5) is 5.69 Å². The molecule has 1 amide bonds. The average Bonchev–Trinajstić information content (AvgIpc) is 2.32. The predicted molar refractivity (Wildman–Crippen MR) is 63.4 cm³/mol. The molecule has 2 rings (SSSR count). The summed E-state index contributed by atoms with van der Waals surface area (Å²) >= 11 is 0. The van der Waals surface area contributed by atoms with Crippen LogP contribution in [0, 0.1) is 5.92 Å². The van der Waals surface area contributed by atoms with E-state index in [0.717, 1.165) is 18.5 Å². The fourth-order valence-electron chi connectivity index (χ4n) is 2.32. The van der Waals surface area contributed by atoms with Crippen molar-refractivity contribution in [1.82, 2.24) is 0 Å². The first-order valence-corrected chi connectivity index (χ1v) is 5.70. The number of amides is 1. The normalized spacial score (nSPS) is 19.8. The third-order valence-corrected chi connectivity index (χ3v) is 3.21. The van der Waals surface area contributed by atoms with Crippen LogP contribution in [-0.2, 0) is 11.2 Å². The van der Waals surface area contributed by atoms with Crippen molar-refractivity contribution >= 4 is 11.6 Å². The van der Waals surface area contributed by atoms with Gasteiger partial charge in [0.1, 0.15) is 0 Å². The summed E-state index contributed by atoms with van der Waals surface area (Å²) in [6.07, 6.45) is 2.28. The third-order valence-electron chi connectivity index (χ3n) is 3.21. The number of hydrogen-bond acceptors (Lipinski definition) is 2. The Morgan fingerprint density at radius 3 is 2.94 bits per heavy atom. The molecule has 1 atom stereocenters. The summed E-state index contributed by atoms with van der Waals surface area (Å²) in [5.74, 6) is 0.208. The summed E-state index contributed by atoms with van der Waals surface area (Å²) in [7, 11) is 1.83. The fourth-order valence-corrected chi connectivity index (χ4v) is 2.32. The second-order valence-electron chi connectivity index (χ2n) is 4.29. The SMILES string of the molecule is CN1C(=O)[C@H](CCCO)Cc2ccccc21. The Morgan fingerprint density at radius 2 is 2.19 bits per heavy atom. The summed E-state index contributed by atoms with van der Waals surface area (Å²) in [6, 6.07) is 8.02. The molecule has 0 radical (unpaired) electrons. The minimum absolute atomic E-state index is 0.0343. The van der Waals surface area contributed by atoms with Crippen LogP contribution in [0.3, 0.4) is 0 Å². The molecule has 1 aliphatic rings. The van der Waals surface area contributed by atoms with E-state index in [1.165, 1.54) is 5.56 Å². The summed E-state index contributed by atoms with van der Waals surface area (Å²) < 4.78 is 0. The molecule has 0 spiro atoms. The van der Waals surface area contributed by atoms with Crippen molar-refractivity contribution in [3.63, 3.8) is 0 Å². The van der Waals surface area contributed by atoms with Crippen LogP contribution in [0.2, 0.25) is 0 Å². The Balaban J connectivity index is 2.21. The minimum atomic E-state index is 0.0343. The molecule has 0 unspecified atom stereocenters. The lowest BCUT2D eigenvalue weighted by Crippen LogP contribution is -2.38. The van der Waals surface area contributed by atoms with Crippen LogP contribution < -0.4 is 4.90 Å². The lowest BCUT2D eigenvalue weighted by Gasteiger charge is -2.31. The van der Waals surface area contributed by atoms with E-state index in [-0.39, 0.29) is 18.4 Å². The molecule has 0 aliphatic carbocycles. The van der Waals surface area contributed by atoms with Gasteiger partial charge in [0.05, 0.1) is 0 Å². The summed E-state index contributed by atoms with van der Waals surface area (Å²) in [5, 5.41) is 8.82. The lowest BCUT2D eigenvalue weighted by atomic mass is 9.89.